The van der Waals surface area contributed by atoms with Crippen molar-refractivity contribution in [2.45, 2.75) is 31.5 Å². The Morgan fingerprint density at radius 3 is 2.42 bits per heavy atom. The minimum atomic E-state index is -4.44. The van der Waals surface area contributed by atoms with Gasteiger partial charge in [0.1, 0.15) is 11.8 Å². The van der Waals surface area contributed by atoms with E-state index < -0.39 is 22.8 Å². The van der Waals surface area contributed by atoms with Crippen LogP contribution >= 0.6 is 0 Å². The highest BCUT2D eigenvalue weighted by Gasteiger charge is 2.32. The zero-order valence-electron chi connectivity index (χ0n) is 17.5. The molecule has 0 amide bonds. The number of hydrogen-bond acceptors (Lipinski definition) is 4. The Bertz CT molecular complexity index is 1370. The molecule has 5 rings (SSSR count). The molecule has 1 aromatic heterocycles. The van der Waals surface area contributed by atoms with Crippen molar-refractivity contribution < 1.29 is 26.3 Å². The van der Waals surface area contributed by atoms with Gasteiger partial charge in [0.05, 0.1) is 28.2 Å². The van der Waals surface area contributed by atoms with E-state index in [0.717, 1.165) is 18.4 Å². The normalized spacial score (nSPS) is 17.9. The summed E-state index contributed by atoms with van der Waals surface area (Å²) >= 11 is 0. The fourth-order valence-corrected chi connectivity index (χ4v) is 5.93. The molecule has 0 spiro atoms. The van der Waals surface area contributed by atoms with E-state index in [0.29, 0.717) is 40.8 Å². The average Bonchev–Trinajstić information content (AvgIpc) is 3.47. The van der Waals surface area contributed by atoms with Gasteiger partial charge in [-0.25, -0.2) is 8.42 Å². The summed E-state index contributed by atoms with van der Waals surface area (Å²) in [7, 11) is -3.30. The lowest BCUT2D eigenvalue weighted by molar-refractivity contribution is -0.153. The summed E-state index contributed by atoms with van der Waals surface area (Å²) in [5.74, 6) is 0.215. The maximum Gasteiger partial charge on any atom is 0.422 e. The van der Waals surface area contributed by atoms with Crippen molar-refractivity contribution >= 4 is 26.6 Å². The number of benzene rings is 2. The number of halogens is 3. The van der Waals surface area contributed by atoms with E-state index >= 15 is 0 Å². The molecule has 2 fully saturated rings. The van der Waals surface area contributed by atoms with Crippen LogP contribution in [-0.2, 0) is 10.0 Å². The number of rotatable bonds is 5. The Morgan fingerprint density at radius 1 is 1.12 bits per heavy atom. The number of hydrogen-bond donors (Lipinski definition) is 0. The molecule has 6 nitrogen and oxygen atoms in total. The third-order valence-electron chi connectivity index (χ3n) is 5.93. The molecule has 2 aliphatic rings. The second kappa shape index (κ2) is 7.70. The maximum atomic E-state index is 12.6. The van der Waals surface area contributed by atoms with Gasteiger partial charge in [-0.05, 0) is 49.1 Å². The lowest BCUT2D eigenvalue weighted by Gasteiger charge is -2.17. The van der Waals surface area contributed by atoms with Crippen LogP contribution in [-0.4, -0.2) is 38.1 Å². The summed E-state index contributed by atoms with van der Waals surface area (Å²) in [5.41, 5.74) is 3.08. The third kappa shape index (κ3) is 4.02. The largest absolute Gasteiger partial charge is 0.484 e. The molecule has 172 valence electrons. The van der Waals surface area contributed by atoms with Crippen LogP contribution in [0.3, 0.4) is 0 Å². The quantitative estimate of drug-likeness (QED) is 0.521. The predicted octanol–water partition coefficient (Wildman–Crippen LogP) is 5.00. The minimum absolute atomic E-state index is 0.0878. The van der Waals surface area contributed by atoms with Crippen LogP contribution in [0.1, 0.15) is 30.9 Å². The van der Waals surface area contributed by atoms with Gasteiger partial charge in [-0.15, -0.1) is 0 Å². The number of sulfonamides is 1. The van der Waals surface area contributed by atoms with Gasteiger partial charge in [0.25, 0.3) is 0 Å². The molecule has 2 aromatic carbocycles. The number of fused-ring (bicyclic) bond motifs is 1. The molecule has 1 aliphatic heterocycles. The molecule has 1 saturated carbocycles. The summed E-state index contributed by atoms with van der Waals surface area (Å²) in [6.07, 6.45) is -2.06. The van der Waals surface area contributed by atoms with Crippen LogP contribution in [0.25, 0.3) is 22.2 Å². The molecule has 0 atom stereocenters. The van der Waals surface area contributed by atoms with Gasteiger partial charge in [-0.2, -0.15) is 18.4 Å². The van der Waals surface area contributed by atoms with E-state index in [-0.39, 0.29) is 17.5 Å². The topological polar surface area (TPSA) is 75.3 Å². The third-order valence-corrected chi connectivity index (χ3v) is 7.80. The molecule has 0 unspecified atom stereocenters. The zero-order valence-corrected chi connectivity index (χ0v) is 18.3. The highest BCUT2D eigenvalue weighted by molar-refractivity contribution is 7.93. The molecule has 0 radical (unpaired) electrons. The van der Waals surface area contributed by atoms with Crippen molar-refractivity contribution in [3.8, 4) is 23.1 Å². The van der Waals surface area contributed by atoms with E-state index in [4.69, 9.17) is 4.74 Å². The molecular formula is C23H20F3N3O3S. The lowest BCUT2D eigenvalue weighted by atomic mass is 10.1. The van der Waals surface area contributed by atoms with Crippen molar-refractivity contribution in [1.29, 1.82) is 5.26 Å². The van der Waals surface area contributed by atoms with Gasteiger partial charge in [-0.1, -0.05) is 12.1 Å². The van der Waals surface area contributed by atoms with Crippen LogP contribution in [0.15, 0.2) is 42.5 Å². The standard InChI is InChI=1S/C23H20F3N3O3S/c24-23(25,26)14-32-18-8-9-19-20(13-27)22(29(17-6-7-17)21(19)12-18)15-2-4-16(5-3-15)28-10-1-11-33(28,30)31/h2-5,8-9,12,17H,1,6-7,10-11,14H2. The zero-order chi connectivity index (χ0) is 23.4. The number of aromatic nitrogens is 1. The summed E-state index contributed by atoms with van der Waals surface area (Å²) in [5, 5.41) is 10.6. The molecule has 2 heterocycles. The van der Waals surface area contributed by atoms with Crippen LogP contribution in [0.4, 0.5) is 18.9 Å². The SMILES string of the molecule is N#Cc1c(-c2ccc(N3CCCS3(=O)=O)cc2)n(C2CC2)c2cc(OCC(F)(F)F)ccc12. The fraction of sp³-hybridized carbons (Fsp3) is 0.348. The van der Waals surface area contributed by atoms with Gasteiger partial charge in [0.2, 0.25) is 10.0 Å². The number of nitriles is 1. The van der Waals surface area contributed by atoms with Crippen LogP contribution in [0, 0.1) is 11.3 Å². The van der Waals surface area contributed by atoms with Gasteiger partial charge in [0.15, 0.2) is 6.61 Å². The molecule has 1 saturated heterocycles. The molecule has 1 aliphatic carbocycles. The number of ether oxygens (including phenoxy) is 1. The predicted molar refractivity (Wildman–Crippen MR) is 118 cm³/mol. The van der Waals surface area contributed by atoms with Crippen LogP contribution in [0.5, 0.6) is 5.75 Å². The Kier molecular flexibility index (Phi) is 5.05. The van der Waals surface area contributed by atoms with E-state index in [1.54, 1.807) is 36.4 Å². The van der Waals surface area contributed by atoms with Gasteiger partial charge < -0.3 is 9.30 Å². The Balaban J connectivity index is 1.59. The number of alkyl halides is 3. The van der Waals surface area contributed by atoms with E-state index in [2.05, 4.69) is 6.07 Å². The summed E-state index contributed by atoms with van der Waals surface area (Å²) in [6, 6.07) is 14.0. The fourth-order valence-electron chi connectivity index (χ4n) is 4.37. The Labute approximate surface area is 188 Å². The molecule has 3 aromatic rings. The number of nitrogens with zero attached hydrogens (tertiary/aromatic N) is 3. The van der Waals surface area contributed by atoms with Crippen molar-refractivity contribution in [2.75, 3.05) is 23.2 Å². The van der Waals surface area contributed by atoms with Crippen molar-refractivity contribution in [3.05, 3.63) is 48.0 Å². The van der Waals surface area contributed by atoms with Gasteiger partial charge >= 0.3 is 6.18 Å². The van der Waals surface area contributed by atoms with Gasteiger partial charge in [0, 0.05) is 24.0 Å². The molecule has 0 N–H and O–H groups in total. The molecule has 33 heavy (non-hydrogen) atoms. The Hall–Kier alpha value is -3.19. The van der Waals surface area contributed by atoms with E-state index in [1.165, 1.54) is 10.4 Å². The first-order valence-electron chi connectivity index (χ1n) is 10.6. The van der Waals surface area contributed by atoms with Crippen LogP contribution in [0.2, 0.25) is 0 Å². The molecular weight excluding hydrogens is 455 g/mol. The van der Waals surface area contributed by atoms with Crippen LogP contribution < -0.4 is 9.04 Å². The van der Waals surface area contributed by atoms with E-state index in [9.17, 15) is 26.9 Å². The molecule has 10 heteroatoms. The first-order valence-corrected chi connectivity index (χ1v) is 12.2. The summed E-state index contributed by atoms with van der Waals surface area (Å²) < 4.78 is 70.6. The Morgan fingerprint density at radius 2 is 1.85 bits per heavy atom. The van der Waals surface area contributed by atoms with E-state index in [1.807, 2.05) is 4.57 Å². The second-order valence-corrected chi connectivity index (χ2v) is 10.3. The summed E-state index contributed by atoms with van der Waals surface area (Å²) in [6.45, 7) is -0.949. The average molecular weight is 475 g/mol. The smallest absolute Gasteiger partial charge is 0.422 e. The highest BCUT2D eigenvalue weighted by Crippen LogP contribution is 2.45. The highest BCUT2D eigenvalue weighted by atomic mass is 32.2. The van der Waals surface area contributed by atoms with Crippen molar-refractivity contribution in [1.82, 2.24) is 4.57 Å². The van der Waals surface area contributed by atoms with Crippen molar-refractivity contribution in [3.63, 3.8) is 0 Å². The first kappa shape index (κ1) is 21.6. The second-order valence-electron chi connectivity index (χ2n) is 8.31. The summed E-state index contributed by atoms with van der Waals surface area (Å²) in [4.78, 5) is 0. The van der Waals surface area contributed by atoms with Gasteiger partial charge in [-0.3, -0.25) is 4.31 Å². The molecule has 0 bridgehead atoms. The van der Waals surface area contributed by atoms with Crippen molar-refractivity contribution in [2.24, 2.45) is 0 Å². The maximum absolute atomic E-state index is 12.6. The number of anilines is 1. The monoisotopic (exact) mass is 475 g/mol. The minimum Gasteiger partial charge on any atom is -0.484 e. The lowest BCUT2D eigenvalue weighted by Crippen LogP contribution is -2.24. The first-order chi connectivity index (χ1) is 15.7.